The zero-order valence-electron chi connectivity index (χ0n) is 10.1. The first-order chi connectivity index (χ1) is 9.43. The number of alkyl halides is 7. The molecular weight excluding hydrogens is 309 g/mol. The van der Waals surface area contributed by atoms with Crippen molar-refractivity contribution in [3.05, 3.63) is 36.4 Å². The highest BCUT2D eigenvalue weighted by atomic mass is 19.4. The summed E-state index contributed by atoms with van der Waals surface area (Å²) < 4.78 is 90.6. The fraction of sp³-hybridized carbons (Fsp3) is 0.250. The van der Waals surface area contributed by atoms with Crippen molar-refractivity contribution in [1.29, 1.82) is 0 Å². The van der Waals surface area contributed by atoms with Crippen LogP contribution in [0.15, 0.2) is 30.8 Å². The summed E-state index contributed by atoms with van der Waals surface area (Å²) in [6.07, 6.45) is -5.25. The predicted molar refractivity (Wildman–Crippen MR) is 58.1 cm³/mol. The maximum atomic E-state index is 13.0. The number of carbonyl (C=O) groups excluding carboxylic acids is 1. The molecule has 0 aliphatic rings. The lowest BCUT2D eigenvalue weighted by molar-refractivity contribution is -0.346. The molecule has 0 heterocycles. The quantitative estimate of drug-likeness (QED) is 0.475. The van der Waals surface area contributed by atoms with Gasteiger partial charge in [0, 0.05) is 0 Å². The molecule has 21 heavy (non-hydrogen) atoms. The monoisotopic (exact) mass is 316 g/mol. The Labute approximate surface area is 113 Å². The Kier molecular flexibility index (Phi) is 4.35. The van der Waals surface area contributed by atoms with Crippen LogP contribution in [0.5, 0.6) is 5.75 Å². The smallest absolute Gasteiger partial charge is 0.422 e. The van der Waals surface area contributed by atoms with Crippen LogP contribution in [0.3, 0.4) is 0 Å². The average Bonchev–Trinajstić information content (AvgIpc) is 2.38. The third-order valence-electron chi connectivity index (χ3n) is 2.33. The summed E-state index contributed by atoms with van der Waals surface area (Å²) in [5.74, 6) is -16.2. The number of carbonyl (C=O) groups is 1. The van der Waals surface area contributed by atoms with Gasteiger partial charge >= 0.3 is 24.0 Å². The summed E-state index contributed by atoms with van der Waals surface area (Å²) in [5, 5.41) is 0. The minimum absolute atomic E-state index is 0.488. The molecule has 0 radical (unpaired) electrons. The van der Waals surface area contributed by atoms with Gasteiger partial charge in [0.1, 0.15) is 5.75 Å². The molecule has 1 rings (SSSR count). The molecule has 0 bridgehead atoms. The molecule has 2 nitrogen and oxygen atoms in total. The van der Waals surface area contributed by atoms with E-state index in [0.29, 0.717) is 5.56 Å². The Balaban J connectivity index is 2.98. The number of benzene rings is 1. The zero-order valence-corrected chi connectivity index (χ0v) is 10.1. The molecule has 1 aromatic carbocycles. The van der Waals surface area contributed by atoms with Crippen LogP contribution in [0.2, 0.25) is 0 Å². The lowest BCUT2D eigenvalue weighted by Crippen LogP contribution is -2.57. The second-order valence-corrected chi connectivity index (χ2v) is 3.81. The highest BCUT2D eigenvalue weighted by Crippen LogP contribution is 2.47. The summed E-state index contributed by atoms with van der Waals surface area (Å²) in [6, 6.07) is 4.35. The summed E-state index contributed by atoms with van der Waals surface area (Å²) in [6.45, 7) is 3.37. The Morgan fingerprint density at radius 3 is 1.86 bits per heavy atom. The van der Waals surface area contributed by atoms with Crippen molar-refractivity contribution in [2.24, 2.45) is 0 Å². The fourth-order valence-corrected chi connectivity index (χ4v) is 1.15. The van der Waals surface area contributed by atoms with Gasteiger partial charge in [-0.05, 0) is 17.7 Å². The van der Waals surface area contributed by atoms with Crippen LogP contribution in [0.4, 0.5) is 30.7 Å². The van der Waals surface area contributed by atoms with Crippen LogP contribution in [0.1, 0.15) is 5.56 Å². The maximum Gasteiger partial charge on any atom is 0.460 e. The Hall–Kier alpha value is -2.06. The van der Waals surface area contributed by atoms with E-state index in [4.69, 9.17) is 0 Å². The molecule has 0 saturated heterocycles. The predicted octanol–water partition coefficient (Wildman–Crippen LogP) is 4.07. The fourth-order valence-electron chi connectivity index (χ4n) is 1.15. The van der Waals surface area contributed by atoms with Crippen molar-refractivity contribution >= 4 is 12.0 Å². The highest BCUT2D eigenvalue weighted by molar-refractivity contribution is 5.81. The Morgan fingerprint density at radius 1 is 1.00 bits per heavy atom. The van der Waals surface area contributed by atoms with Crippen LogP contribution < -0.4 is 4.74 Å². The Bertz CT molecular complexity index is 532. The first kappa shape index (κ1) is 17.0. The maximum absolute atomic E-state index is 13.0. The second-order valence-electron chi connectivity index (χ2n) is 3.81. The first-order valence-electron chi connectivity index (χ1n) is 5.20. The van der Waals surface area contributed by atoms with E-state index < -0.39 is 29.7 Å². The van der Waals surface area contributed by atoms with Gasteiger partial charge in [0.25, 0.3) is 0 Å². The molecule has 0 aliphatic heterocycles. The van der Waals surface area contributed by atoms with Gasteiger partial charge < -0.3 is 4.74 Å². The van der Waals surface area contributed by atoms with Gasteiger partial charge in [-0.2, -0.15) is 30.7 Å². The molecule has 0 aromatic heterocycles. The molecule has 0 N–H and O–H groups in total. The Morgan fingerprint density at radius 2 is 1.48 bits per heavy atom. The van der Waals surface area contributed by atoms with E-state index in [9.17, 15) is 35.5 Å². The van der Waals surface area contributed by atoms with E-state index in [1.807, 2.05) is 0 Å². The van der Waals surface area contributed by atoms with Crippen molar-refractivity contribution in [2.45, 2.75) is 18.0 Å². The third-order valence-corrected chi connectivity index (χ3v) is 2.33. The number of rotatable bonds is 4. The SMILES string of the molecule is C=Cc1ccc(OC(=O)C(F)(F)C(F)(F)C(F)(F)F)cc1. The molecule has 116 valence electrons. The number of ether oxygens (including phenoxy) is 1. The molecular formula is C12H7F7O2. The van der Waals surface area contributed by atoms with E-state index in [1.165, 1.54) is 18.2 Å². The largest absolute Gasteiger partial charge is 0.460 e. The highest BCUT2D eigenvalue weighted by Gasteiger charge is 2.77. The van der Waals surface area contributed by atoms with Gasteiger partial charge in [0.15, 0.2) is 0 Å². The lowest BCUT2D eigenvalue weighted by atomic mass is 10.1. The van der Waals surface area contributed by atoms with Crippen molar-refractivity contribution in [3.8, 4) is 5.75 Å². The lowest BCUT2D eigenvalue weighted by Gasteiger charge is -2.26. The van der Waals surface area contributed by atoms with Crippen LogP contribution in [-0.4, -0.2) is 24.0 Å². The van der Waals surface area contributed by atoms with E-state index >= 15 is 0 Å². The second kappa shape index (κ2) is 5.38. The minimum atomic E-state index is -6.60. The van der Waals surface area contributed by atoms with Crippen molar-refractivity contribution in [2.75, 3.05) is 0 Å². The van der Waals surface area contributed by atoms with E-state index in [2.05, 4.69) is 11.3 Å². The molecule has 1 aromatic rings. The normalized spacial score (nSPS) is 12.9. The van der Waals surface area contributed by atoms with Gasteiger partial charge in [-0.15, -0.1) is 0 Å². The zero-order chi connectivity index (χ0) is 16.5. The van der Waals surface area contributed by atoms with Gasteiger partial charge in [-0.1, -0.05) is 24.8 Å². The summed E-state index contributed by atoms with van der Waals surface area (Å²) in [5.41, 5.74) is 0.488. The van der Waals surface area contributed by atoms with E-state index in [-0.39, 0.29) is 0 Å². The average molecular weight is 316 g/mol. The molecule has 0 aliphatic carbocycles. The van der Waals surface area contributed by atoms with Gasteiger partial charge in [-0.3, -0.25) is 0 Å². The van der Waals surface area contributed by atoms with Crippen LogP contribution in [-0.2, 0) is 4.79 Å². The van der Waals surface area contributed by atoms with E-state index in [0.717, 1.165) is 12.1 Å². The first-order valence-corrected chi connectivity index (χ1v) is 5.20. The van der Waals surface area contributed by atoms with Crippen LogP contribution in [0.25, 0.3) is 6.08 Å². The van der Waals surface area contributed by atoms with Crippen molar-refractivity contribution in [3.63, 3.8) is 0 Å². The molecule has 0 unspecified atom stereocenters. The number of halogens is 7. The minimum Gasteiger partial charge on any atom is -0.422 e. The van der Waals surface area contributed by atoms with Crippen LogP contribution >= 0.6 is 0 Å². The molecule has 0 fully saturated rings. The molecule has 0 atom stereocenters. The number of esters is 1. The molecule has 9 heteroatoms. The number of hydrogen-bond acceptors (Lipinski definition) is 2. The molecule has 0 amide bonds. The number of hydrogen-bond donors (Lipinski definition) is 0. The molecule has 0 spiro atoms. The summed E-state index contributed by atoms with van der Waals surface area (Å²) in [4.78, 5) is 10.9. The van der Waals surface area contributed by atoms with Crippen molar-refractivity contribution in [1.82, 2.24) is 0 Å². The standard InChI is InChI=1S/C12H7F7O2/c1-2-7-3-5-8(6-4-7)21-9(20)10(13,14)11(15,16)12(17,18)19/h2-6H,1H2. The van der Waals surface area contributed by atoms with Gasteiger partial charge in [-0.25, -0.2) is 4.79 Å². The topological polar surface area (TPSA) is 26.3 Å². The van der Waals surface area contributed by atoms with Gasteiger partial charge in [0.2, 0.25) is 0 Å². The summed E-state index contributed by atoms with van der Waals surface area (Å²) >= 11 is 0. The summed E-state index contributed by atoms with van der Waals surface area (Å²) in [7, 11) is 0. The van der Waals surface area contributed by atoms with Crippen LogP contribution in [0, 0.1) is 0 Å². The van der Waals surface area contributed by atoms with Gasteiger partial charge in [0.05, 0.1) is 0 Å². The van der Waals surface area contributed by atoms with Crippen molar-refractivity contribution < 1.29 is 40.3 Å². The molecule has 0 saturated carbocycles. The van der Waals surface area contributed by atoms with E-state index in [1.54, 1.807) is 0 Å². The third kappa shape index (κ3) is 3.17.